The zero-order chi connectivity index (χ0) is 13.7. The Morgan fingerprint density at radius 1 is 1.47 bits per heavy atom. The normalized spacial score (nSPS) is 19.4. The largest absolute Gasteiger partial charge is 0.381 e. The average molecular weight is 266 g/mol. The minimum atomic E-state index is -0.158. The van der Waals surface area contributed by atoms with Crippen molar-refractivity contribution in [2.75, 3.05) is 38.3 Å². The second kappa shape index (κ2) is 6.87. The Bertz CT molecular complexity index is 405. The van der Waals surface area contributed by atoms with Gasteiger partial charge in [-0.2, -0.15) is 0 Å². The van der Waals surface area contributed by atoms with Gasteiger partial charge in [-0.1, -0.05) is 6.07 Å². The summed E-state index contributed by atoms with van der Waals surface area (Å²) in [5.41, 5.74) is 7.26. The molecule has 0 aromatic heterocycles. The lowest BCUT2D eigenvalue weighted by atomic mass is 10.0. The summed E-state index contributed by atoms with van der Waals surface area (Å²) >= 11 is 0. The third-order valence-corrected chi connectivity index (χ3v) is 3.69. The van der Waals surface area contributed by atoms with Crippen molar-refractivity contribution in [2.24, 2.45) is 11.7 Å². The summed E-state index contributed by atoms with van der Waals surface area (Å²) in [6, 6.07) is 5.24. The van der Waals surface area contributed by atoms with Crippen molar-refractivity contribution in [3.05, 3.63) is 29.6 Å². The smallest absolute Gasteiger partial charge is 0.128 e. The van der Waals surface area contributed by atoms with E-state index in [1.807, 2.05) is 13.1 Å². The summed E-state index contributed by atoms with van der Waals surface area (Å²) in [5.74, 6) is 0.377. The molecule has 1 aromatic rings. The fourth-order valence-corrected chi connectivity index (χ4v) is 2.73. The molecule has 2 N–H and O–H groups in total. The third-order valence-electron chi connectivity index (χ3n) is 3.69. The molecule has 0 aliphatic carbocycles. The van der Waals surface area contributed by atoms with Crippen LogP contribution in [-0.4, -0.2) is 33.4 Å². The van der Waals surface area contributed by atoms with Gasteiger partial charge in [-0.15, -0.1) is 0 Å². The summed E-state index contributed by atoms with van der Waals surface area (Å²) in [7, 11) is 2.02. The maximum atomic E-state index is 13.9. The minimum absolute atomic E-state index is 0.158. The summed E-state index contributed by atoms with van der Waals surface area (Å²) in [4.78, 5) is 2.13. The summed E-state index contributed by atoms with van der Waals surface area (Å²) < 4.78 is 19.4. The first-order valence-electron chi connectivity index (χ1n) is 6.98. The first-order valence-corrected chi connectivity index (χ1v) is 6.98. The molecule has 3 nitrogen and oxygen atoms in total. The highest BCUT2D eigenvalue weighted by atomic mass is 19.1. The van der Waals surface area contributed by atoms with E-state index in [9.17, 15) is 4.39 Å². The molecule has 0 spiro atoms. The van der Waals surface area contributed by atoms with Gasteiger partial charge in [0.1, 0.15) is 5.82 Å². The molecule has 0 saturated carbocycles. The lowest BCUT2D eigenvalue weighted by Crippen LogP contribution is -2.31. The SMILES string of the molecule is CN(CC1CCCOC1)c1cccc(F)c1CCN. The molecule has 0 amide bonds. The van der Waals surface area contributed by atoms with Gasteiger partial charge < -0.3 is 15.4 Å². The number of halogens is 1. The zero-order valence-corrected chi connectivity index (χ0v) is 11.6. The van der Waals surface area contributed by atoms with Crippen LogP contribution in [0.25, 0.3) is 0 Å². The molecule has 0 bridgehead atoms. The maximum absolute atomic E-state index is 13.9. The number of anilines is 1. The summed E-state index contributed by atoms with van der Waals surface area (Å²) in [5, 5.41) is 0. The molecule has 1 aromatic carbocycles. The highest BCUT2D eigenvalue weighted by molar-refractivity contribution is 5.54. The lowest BCUT2D eigenvalue weighted by Gasteiger charge is -2.29. The van der Waals surface area contributed by atoms with E-state index in [4.69, 9.17) is 10.5 Å². The van der Waals surface area contributed by atoms with E-state index in [0.717, 1.165) is 37.4 Å². The van der Waals surface area contributed by atoms with Crippen LogP contribution in [0.2, 0.25) is 0 Å². The van der Waals surface area contributed by atoms with Crippen molar-refractivity contribution in [3.8, 4) is 0 Å². The van der Waals surface area contributed by atoms with Crippen molar-refractivity contribution >= 4 is 5.69 Å². The third kappa shape index (κ3) is 3.67. The Hall–Kier alpha value is -1.13. The zero-order valence-electron chi connectivity index (χ0n) is 11.6. The quantitative estimate of drug-likeness (QED) is 0.888. The lowest BCUT2D eigenvalue weighted by molar-refractivity contribution is 0.0576. The summed E-state index contributed by atoms with van der Waals surface area (Å²) in [6.07, 6.45) is 2.89. The number of benzene rings is 1. The van der Waals surface area contributed by atoms with E-state index in [0.29, 0.717) is 18.9 Å². The molecule has 19 heavy (non-hydrogen) atoms. The number of hydrogen-bond acceptors (Lipinski definition) is 3. The summed E-state index contributed by atoms with van der Waals surface area (Å²) in [6.45, 7) is 3.06. The molecule has 1 fully saturated rings. The van der Waals surface area contributed by atoms with Gasteiger partial charge in [0.25, 0.3) is 0 Å². The first kappa shape index (κ1) is 14.3. The Labute approximate surface area is 114 Å². The average Bonchev–Trinajstić information content (AvgIpc) is 2.42. The number of hydrogen-bond donors (Lipinski definition) is 1. The first-order chi connectivity index (χ1) is 9.22. The molecule has 1 atom stereocenters. The number of nitrogens with two attached hydrogens (primary N) is 1. The van der Waals surface area contributed by atoms with Crippen molar-refractivity contribution in [1.82, 2.24) is 0 Å². The van der Waals surface area contributed by atoms with Gasteiger partial charge in [0.05, 0.1) is 6.61 Å². The molecule has 1 heterocycles. The van der Waals surface area contributed by atoms with Crippen LogP contribution in [0.4, 0.5) is 10.1 Å². The number of ether oxygens (including phenoxy) is 1. The van der Waals surface area contributed by atoms with Gasteiger partial charge in [0.2, 0.25) is 0 Å². The molecule has 106 valence electrons. The highest BCUT2D eigenvalue weighted by Crippen LogP contribution is 2.25. The molecule has 2 rings (SSSR count). The Morgan fingerprint density at radius 2 is 2.32 bits per heavy atom. The standard InChI is InChI=1S/C15H23FN2O/c1-18(10-12-4-3-9-19-11-12)15-6-2-5-14(16)13(15)7-8-17/h2,5-6,12H,3-4,7-11,17H2,1H3. The number of rotatable bonds is 5. The monoisotopic (exact) mass is 266 g/mol. The van der Waals surface area contributed by atoms with Crippen molar-refractivity contribution in [1.29, 1.82) is 0 Å². The fourth-order valence-electron chi connectivity index (χ4n) is 2.73. The molecule has 1 aliphatic rings. The van der Waals surface area contributed by atoms with Crippen LogP contribution in [0.3, 0.4) is 0 Å². The van der Waals surface area contributed by atoms with Gasteiger partial charge >= 0.3 is 0 Å². The molecule has 1 aliphatic heterocycles. The molecule has 0 radical (unpaired) electrons. The number of nitrogens with zero attached hydrogens (tertiary/aromatic N) is 1. The van der Waals surface area contributed by atoms with E-state index in [2.05, 4.69) is 4.90 Å². The predicted octanol–water partition coefficient (Wildman–Crippen LogP) is 2.19. The van der Waals surface area contributed by atoms with Gasteiger partial charge in [-0.3, -0.25) is 0 Å². The Balaban J connectivity index is 2.08. The van der Waals surface area contributed by atoms with Crippen LogP contribution >= 0.6 is 0 Å². The highest BCUT2D eigenvalue weighted by Gasteiger charge is 2.18. The van der Waals surface area contributed by atoms with Crippen LogP contribution in [0.15, 0.2) is 18.2 Å². The van der Waals surface area contributed by atoms with Gasteiger partial charge in [0.15, 0.2) is 0 Å². The topological polar surface area (TPSA) is 38.5 Å². The van der Waals surface area contributed by atoms with E-state index in [-0.39, 0.29) is 5.82 Å². The van der Waals surface area contributed by atoms with Crippen LogP contribution in [0, 0.1) is 11.7 Å². The molecular weight excluding hydrogens is 243 g/mol. The van der Waals surface area contributed by atoms with E-state index in [1.165, 1.54) is 12.5 Å². The van der Waals surface area contributed by atoms with Gasteiger partial charge in [-0.25, -0.2) is 4.39 Å². The van der Waals surface area contributed by atoms with Crippen LogP contribution in [-0.2, 0) is 11.2 Å². The van der Waals surface area contributed by atoms with Crippen LogP contribution in [0.5, 0.6) is 0 Å². The van der Waals surface area contributed by atoms with Crippen molar-refractivity contribution < 1.29 is 9.13 Å². The Kier molecular flexibility index (Phi) is 5.16. The second-order valence-electron chi connectivity index (χ2n) is 5.24. The molecular formula is C15H23FN2O. The second-order valence-corrected chi connectivity index (χ2v) is 5.24. The minimum Gasteiger partial charge on any atom is -0.381 e. The van der Waals surface area contributed by atoms with Crippen molar-refractivity contribution in [3.63, 3.8) is 0 Å². The Morgan fingerprint density at radius 3 is 3.00 bits per heavy atom. The maximum Gasteiger partial charge on any atom is 0.128 e. The van der Waals surface area contributed by atoms with E-state index >= 15 is 0 Å². The molecule has 1 saturated heterocycles. The fraction of sp³-hybridized carbons (Fsp3) is 0.600. The van der Waals surface area contributed by atoms with Crippen LogP contribution < -0.4 is 10.6 Å². The van der Waals surface area contributed by atoms with Crippen molar-refractivity contribution in [2.45, 2.75) is 19.3 Å². The predicted molar refractivity (Wildman–Crippen MR) is 76.0 cm³/mol. The van der Waals surface area contributed by atoms with E-state index in [1.54, 1.807) is 6.07 Å². The van der Waals surface area contributed by atoms with Gasteiger partial charge in [0, 0.05) is 31.5 Å². The van der Waals surface area contributed by atoms with Gasteiger partial charge in [-0.05, 0) is 43.9 Å². The molecule has 1 unspecified atom stereocenters. The van der Waals surface area contributed by atoms with Crippen LogP contribution in [0.1, 0.15) is 18.4 Å². The van der Waals surface area contributed by atoms with E-state index < -0.39 is 0 Å². The molecule has 4 heteroatoms.